The summed E-state index contributed by atoms with van der Waals surface area (Å²) in [6.45, 7) is 0. The molecule has 1 aliphatic rings. The first-order valence-corrected chi connectivity index (χ1v) is 9.35. The Kier molecular flexibility index (Phi) is 5.12. The number of hydrogen-bond acceptors (Lipinski definition) is 6. The lowest BCUT2D eigenvalue weighted by Gasteiger charge is -2.30. The van der Waals surface area contributed by atoms with Gasteiger partial charge < -0.3 is 15.8 Å². The minimum absolute atomic E-state index is 0.0145. The molecule has 0 radical (unpaired) electrons. The Morgan fingerprint density at radius 2 is 1.76 bits per heavy atom. The van der Waals surface area contributed by atoms with Gasteiger partial charge in [-0.25, -0.2) is 9.97 Å². The third-order valence-electron chi connectivity index (χ3n) is 4.97. The number of pyridine rings is 1. The summed E-state index contributed by atoms with van der Waals surface area (Å²) in [5.41, 5.74) is 7.12. The summed E-state index contributed by atoms with van der Waals surface area (Å²) in [6, 6.07) is 6.05. The molecule has 9 heteroatoms. The fraction of sp³-hybridized carbons (Fsp3) is 0.350. The van der Waals surface area contributed by atoms with E-state index in [-0.39, 0.29) is 12.1 Å². The summed E-state index contributed by atoms with van der Waals surface area (Å²) in [5, 5.41) is 3.21. The van der Waals surface area contributed by atoms with Crippen molar-refractivity contribution >= 4 is 22.5 Å². The molecule has 29 heavy (non-hydrogen) atoms. The number of halogens is 3. The Hall–Kier alpha value is -3.10. The second kappa shape index (κ2) is 7.73. The lowest BCUT2D eigenvalue weighted by molar-refractivity contribution is -0.137. The number of nitrogen functional groups attached to an aromatic ring is 1. The van der Waals surface area contributed by atoms with Crippen LogP contribution >= 0.6 is 0 Å². The molecule has 1 aromatic carbocycles. The van der Waals surface area contributed by atoms with Gasteiger partial charge in [-0.2, -0.15) is 13.2 Å². The molecule has 0 bridgehead atoms. The lowest BCUT2D eigenvalue weighted by atomic mass is 9.93. The van der Waals surface area contributed by atoms with Gasteiger partial charge in [-0.1, -0.05) is 0 Å². The summed E-state index contributed by atoms with van der Waals surface area (Å²) < 4.78 is 44.0. The maximum atomic E-state index is 12.6. The van der Waals surface area contributed by atoms with Crippen LogP contribution in [-0.4, -0.2) is 27.1 Å². The average molecular weight is 403 g/mol. The summed E-state index contributed by atoms with van der Waals surface area (Å²) in [7, 11) is 0. The van der Waals surface area contributed by atoms with Crippen LogP contribution in [0.3, 0.4) is 0 Å². The van der Waals surface area contributed by atoms with Crippen LogP contribution in [0.1, 0.15) is 31.2 Å². The predicted octanol–water partition coefficient (Wildman–Crippen LogP) is 4.43. The molecule has 4 rings (SSSR count). The van der Waals surface area contributed by atoms with Crippen LogP contribution in [0.4, 0.5) is 24.7 Å². The molecule has 6 nitrogen and oxygen atoms in total. The Morgan fingerprint density at radius 1 is 1.00 bits per heavy atom. The van der Waals surface area contributed by atoms with E-state index in [1.54, 1.807) is 24.5 Å². The Morgan fingerprint density at radius 3 is 2.45 bits per heavy atom. The van der Waals surface area contributed by atoms with Crippen molar-refractivity contribution in [3.63, 3.8) is 0 Å². The standard InChI is InChI=1S/C20H20F3N5O/c21-20(22,23)12-1-6-18(27-11-12)28-14-2-4-15(5-3-14)29-17-10-13(24)9-16-19(17)26-8-7-25-16/h1,6-11,14-15H,2-5,24H2,(H,27,28). The molecular weight excluding hydrogens is 383 g/mol. The molecule has 2 heterocycles. The van der Waals surface area contributed by atoms with Gasteiger partial charge in [0.1, 0.15) is 17.1 Å². The molecule has 1 aliphatic carbocycles. The number of benzene rings is 1. The number of rotatable bonds is 4. The van der Waals surface area contributed by atoms with Crippen LogP contribution in [0.5, 0.6) is 5.75 Å². The van der Waals surface area contributed by atoms with Crippen molar-refractivity contribution in [1.82, 2.24) is 15.0 Å². The molecule has 1 saturated carbocycles. The topological polar surface area (TPSA) is 86.0 Å². The van der Waals surface area contributed by atoms with Crippen molar-refractivity contribution in [2.75, 3.05) is 11.1 Å². The molecule has 3 aromatic rings. The van der Waals surface area contributed by atoms with E-state index in [0.29, 0.717) is 28.3 Å². The molecule has 0 aliphatic heterocycles. The summed E-state index contributed by atoms with van der Waals surface area (Å²) in [6.07, 6.45) is 2.95. The third-order valence-corrected chi connectivity index (χ3v) is 4.97. The Bertz CT molecular complexity index is 986. The molecule has 1 fully saturated rings. The van der Waals surface area contributed by atoms with E-state index in [2.05, 4.69) is 20.3 Å². The number of fused-ring (bicyclic) bond motifs is 1. The summed E-state index contributed by atoms with van der Waals surface area (Å²) >= 11 is 0. The van der Waals surface area contributed by atoms with E-state index in [1.165, 1.54) is 6.07 Å². The van der Waals surface area contributed by atoms with Crippen LogP contribution in [0.25, 0.3) is 11.0 Å². The van der Waals surface area contributed by atoms with E-state index in [9.17, 15) is 13.2 Å². The number of alkyl halides is 3. The number of ether oxygens (including phenoxy) is 1. The minimum Gasteiger partial charge on any atom is -0.488 e. The molecule has 0 amide bonds. The summed E-state index contributed by atoms with van der Waals surface area (Å²) in [5.74, 6) is 1.06. The maximum absolute atomic E-state index is 12.6. The van der Waals surface area contributed by atoms with Crippen molar-refractivity contribution < 1.29 is 17.9 Å². The zero-order valence-corrected chi connectivity index (χ0v) is 15.5. The number of nitrogens with zero attached hydrogens (tertiary/aromatic N) is 3. The van der Waals surface area contributed by atoms with Crippen molar-refractivity contribution in [2.45, 2.75) is 44.0 Å². The SMILES string of the molecule is Nc1cc(OC2CCC(Nc3ccc(C(F)(F)F)cn3)CC2)c2nccnc2c1. The van der Waals surface area contributed by atoms with Gasteiger partial charge in [-0.15, -0.1) is 0 Å². The zero-order chi connectivity index (χ0) is 20.4. The highest BCUT2D eigenvalue weighted by molar-refractivity contribution is 5.84. The van der Waals surface area contributed by atoms with E-state index < -0.39 is 11.7 Å². The normalized spacial score (nSPS) is 19.8. The first-order valence-electron chi connectivity index (χ1n) is 9.35. The number of nitrogens with two attached hydrogens (primary N) is 1. The van der Waals surface area contributed by atoms with Gasteiger partial charge in [0.05, 0.1) is 17.2 Å². The van der Waals surface area contributed by atoms with Gasteiger partial charge in [0, 0.05) is 36.4 Å². The van der Waals surface area contributed by atoms with Gasteiger partial charge in [0.25, 0.3) is 0 Å². The molecule has 0 unspecified atom stereocenters. The van der Waals surface area contributed by atoms with E-state index in [1.807, 2.05) is 0 Å². The number of nitrogens with one attached hydrogen (secondary N) is 1. The van der Waals surface area contributed by atoms with Gasteiger partial charge >= 0.3 is 6.18 Å². The smallest absolute Gasteiger partial charge is 0.417 e. The van der Waals surface area contributed by atoms with Gasteiger partial charge in [0.2, 0.25) is 0 Å². The minimum atomic E-state index is -4.38. The molecule has 0 spiro atoms. The zero-order valence-electron chi connectivity index (χ0n) is 15.5. The largest absolute Gasteiger partial charge is 0.488 e. The highest BCUT2D eigenvalue weighted by Crippen LogP contribution is 2.32. The van der Waals surface area contributed by atoms with Crippen LogP contribution < -0.4 is 15.8 Å². The van der Waals surface area contributed by atoms with E-state index >= 15 is 0 Å². The van der Waals surface area contributed by atoms with Crippen molar-refractivity contribution in [3.8, 4) is 5.75 Å². The second-order valence-electron chi connectivity index (χ2n) is 7.11. The van der Waals surface area contributed by atoms with Crippen LogP contribution in [0.15, 0.2) is 42.9 Å². The highest BCUT2D eigenvalue weighted by Gasteiger charge is 2.31. The third kappa shape index (κ3) is 4.49. The first kappa shape index (κ1) is 19.2. The van der Waals surface area contributed by atoms with E-state index in [4.69, 9.17) is 10.5 Å². The fourth-order valence-corrected chi connectivity index (χ4v) is 3.51. The van der Waals surface area contributed by atoms with Crippen LogP contribution in [0, 0.1) is 0 Å². The van der Waals surface area contributed by atoms with Crippen molar-refractivity contribution in [3.05, 3.63) is 48.4 Å². The lowest BCUT2D eigenvalue weighted by Crippen LogP contribution is -2.31. The first-order chi connectivity index (χ1) is 13.9. The van der Waals surface area contributed by atoms with Crippen LogP contribution in [0.2, 0.25) is 0 Å². The number of anilines is 2. The maximum Gasteiger partial charge on any atom is 0.417 e. The van der Waals surface area contributed by atoms with Crippen LogP contribution in [-0.2, 0) is 6.18 Å². The summed E-state index contributed by atoms with van der Waals surface area (Å²) in [4.78, 5) is 12.5. The Balaban J connectivity index is 1.35. The second-order valence-corrected chi connectivity index (χ2v) is 7.11. The fourth-order valence-electron chi connectivity index (χ4n) is 3.51. The predicted molar refractivity (Wildman–Crippen MR) is 103 cm³/mol. The van der Waals surface area contributed by atoms with Gasteiger partial charge in [0.15, 0.2) is 0 Å². The number of hydrogen-bond donors (Lipinski definition) is 2. The highest BCUT2D eigenvalue weighted by atomic mass is 19.4. The average Bonchev–Trinajstić information content (AvgIpc) is 2.69. The Labute approximate surface area is 165 Å². The number of aromatic nitrogens is 3. The van der Waals surface area contributed by atoms with Gasteiger partial charge in [-0.05, 0) is 43.9 Å². The molecule has 152 valence electrons. The molecule has 0 saturated heterocycles. The van der Waals surface area contributed by atoms with Crippen molar-refractivity contribution in [1.29, 1.82) is 0 Å². The molecule has 3 N–H and O–H groups in total. The van der Waals surface area contributed by atoms with Crippen molar-refractivity contribution in [2.24, 2.45) is 0 Å². The molecular formula is C20H20F3N5O. The molecule has 2 aromatic heterocycles. The monoisotopic (exact) mass is 403 g/mol. The quantitative estimate of drug-likeness (QED) is 0.627. The molecule has 0 atom stereocenters. The van der Waals surface area contributed by atoms with Gasteiger partial charge in [-0.3, -0.25) is 4.98 Å². The van der Waals surface area contributed by atoms with E-state index in [0.717, 1.165) is 37.9 Å².